The molecule has 5 heteroatoms. The average molecular weight is 248 g/mol. The van der Waals surface area contributed by atoms with Gasteiger partial charge in [-0.2, -0.15) is 11.8 Å². The van der Waals surface area contributed by atoms with Gasteiger partial charge in [-0.3, -0.25) is 4.79 Å². The van der Waals surface area contributed by atoms with Gasteiger partial charge in [0.2, 0.25) is 5.91 Å². The monoisotopic (exact) mass is 248 g/mol. The van der Waals surface area contributed by atoms with Gasteiger partial charge in [-0.05, 0) is 25.1 Å². The summed E-state index contributed by atoms with van der Waals surface area (Å²) in [5.41, 5.74) is 0. The zero-order valence-electron chi connectivity index (χ0n) is 10.4. The first-order valence-electron chi connectivity index (χ1n) is 5.78. The van der Waals surface area contributed by atoms with Crippen molar-refractivity contribution in [1.82, 2.24) is 10.2 Å². The molecule has 0 aliphatic heterocycles. The third kappa shape index (κ3) is 10.3. The van der Waals surface area contributed by atoms with Gasteiger partial charge in [0.05, 0.1) is 0 Å². The van der Waals surface area contributed by atoms with E-state index in [0.29, 0.717) is 6.42 Å². The third-order valence-corrected chi connectivity index (χ3v) is 3.18. The molecular formula is C11H24N2O2S. The Morgan fingerprint density at radius 2 is 2.00 bits per heavy atom. The number of carbonyl (C=O) groups excluding carboxylic acids is 1. The number of aliphatic hydroxyl groups excluding tert-OH is 1. The van der Waals surface area contributed by atoms with Crippen LogP contribution in [0.15, 0.2) is 0 Å². The number of hydrogen-bond donors (Lipinski definition) is 2. The fourth-order valence-electron chi connectivity index (χ4n) is 1.13. The second-order valence-corrected chi connectivity index (χ2v) is 5.06. The van der Waals surface area contributed by atoms with Crippen molar-refractivity contribution in [1.29, 1.82) is 0 Å². The molecule has 0 unspecified atom stereocenters. The lowest BCUT2D eigenvalue weighted by atomic mass is 10.3. The summed E-state index contributed by atoms with van der Waals surface area (Å²) < 4.78 is 0. The Balaban J connectivity index is 3.07. The Labute approximate surface area is 103 Å². The molecule has 0 saturated carbocycles. The van der Waals surface area contributed by atoms with Crippen LogP contribution in [0.4, 0.5) is 0 Å². The standard InChI is InChI=1S/C11H24N2O2S/c1-13(2)11(15)5-3-6-12-7-10-16-9-4-8-14/h12,14H,3-10H2,1-2H3. The lowest BCUT2D eigenvalue weighted by molar-refractivity contribution is -0.128. The molecule has 0 radical (unpaired) electrons. The maximum Gasteiger partial charge on any atom is 0.222 e. The van der Waals surface area contributed by atoms with Crippen molar-refractivity contribution >= 4 is 17.7 Å². The van der Waals surface area contributed by atoms with Crippen LogP contribution in [0.5, 0.6) is 0 Å². The SMILES string of the molecule is CN(C)C(=O)CCCNCCSCCCO. The minimum atomic E-state index is 0.194. The molecule has 0 aromatic rings. The molecule has 0 aliphatic rings. The molecule has 2 N–H and O–H groups in total. The third-order valence-electron chi connectivity index (χ3n) is 2.11. The van der Waals surface area contributed by atoms with Gasteiger partial charge in [-0.1, -0.05) is 0 Å². The lowest BCUT2D eigenvalue weighted by Crippen LogP contribution is -2.24. The highest BCUT2D eigenvalue weighted by Gasteiger charge is 2.01. The van der Waals surface area contributed by atoms with E-state index in [1.165, 1.54) is 0 Å². The van der Waals surface area contributed by atoms with Crippen LogP contribution in [-0.2, 0) is 4.79 Å². The van der Waals surface area contributed by atoms with Crippen LogP contribution in [0, 0.1) is 0 Å². The molecule has 0 bridgehead atoms. The van der Waals surface area contributed by atoms with E-state index in [9.17, 15) is 4.79 Å². The molecule has 0 aromatic carbocycles. The van der Waals surface area contributed by atoms with Crippen molar-refractivity contribution in [2.75, 3.05) is 45.3 Å². The number of nitrogens with one attached hydrogen (secondary N) is 1. The highest BCUT2D eigenvalue weighted by molar-refractivity contribution is 7.99. The fourth-order valence-corrected chi connectivity index (χ4v) is 1.95. The molecule has 4 nitrogen and oxygen atoms in total. The molecule has 0 rings (SSSR count). The molecule has 0 atom stereocenters. The van der Waals surface area contributed by atoms with Gasteiger partial charge in [0.1, 0.15) is 0 Å². The van der Waals surface area contributed by atoms with E-state index in [4.69, 9.17) is 5.11 Å². The molecule has 0 fully saturated rings. The fraction of sp³-hybridized carbons (Fsp3) is 0.909. The smallest absolute Gasteiger partial charge is 0.222 e. The topological polar surface area (TPSA) is 52.6 Å². The largest absolute Gasteiger partial charge is 0.396 e. The van der Waals surface area contributed by atoms with Crippen LogP contribution < -0.4 is 5.32 Å². The number of thioether (sulfide) groups is 1. The summed E-state index contributed by atoms with van der Waals surface area (Å²) in [7, 11) is 3.57. The molecule has 0 aromatic heterocycles. The number of amides is 1. The zero-order chi connectivity index (χ0) is 12.2. The molecular weight excluding hydrogens is 224 g/mol. The maximum absolute atomic E-state index is 11.2. The number of carbonyl (C=O) groups is 1. The first-order valence-corrected chi connectivity index (χ1v) is 6.93. The molecule has 0 heterocycles. The predicted molar refractivity (Wildman–Crippen MR) is 69.8 cm³/mol. The minimum absolute atomic E-state index is 0.194. The van der Waals surface area contributed by atoms with Crippen LogP contribution in [0.25, 0.3) is 0 Å². The summed E-state index contributed by atoms with van der Waals surface area (Å²) in [6.45, 7) is 2.17. The Bertz CT molecular complexity index is 177. The first kappa shape index (κ1) is 15.7. The van der Waals surface area contributed by atoms with E-state index < -0.39 is 0 Å². The highest BCUT2D eigenvalue weighted by atomic mass is 32.2. The summed E-state index contributed by atoms with van der Waals surface area (Å²) in [5, 5.41) is 11.9. The van der Waals surface area contributed by atoms with E-state index in [2.05, 4.69) is 5.32 Å². The predicted octanol–water partition coefficient (Wildman–Crippen LogP) is 0.560. The lowest BCUT2D eigenvalue weighted by Gasteiger charge is -2.10. The summed E-state index contributed by atoms with van der Waals surface area (Å²) in [6.07, 6.45) is 2.40. The zero-order valence-corrected chi connectivity index (χ0v) is 11.2. The second-order valence-electron chi connectivity index (χ2n) is 3.83. The Hall–Kier alpha value is -0.260. The summed E-state index contributed by atoms with van der Waals surface area (Å²) in [4.78, 5) is 12.8. The number of hydrogen-bond acceptors (Lipinski definition) is 4. The average Bonchev–Trinajstić information content (AvgIpc) is 2.26. The normalized spacial score (nSPS) is 10.4. The van der Waals surface area contributed by atoms with Gasteiger partial charge in [-0.15, -0.1) is 0 Å². The van der Waals surface area contributed by atoms with E-state index in [-0.39, 0.29) is 12.5 Å². The Morgan fingerprint density at radius 1 is 1.25 bits per heavy atom. The van der Waals surface area contributed by atoms with Crippen LogP contribution in [0.1, 0.15) is 19.3 Å². The van der Waals surface area contributed by atoms with Crippen LogP contribution in [-0.4, -0.2) is 61.2 Å². The highest BCUT2D eigenvalue weighted by Crippen LogP contribution is 2.00. The van der Waals surface area contributed by atoms with Crippen molar-refractivity contribution in [2.45, 2.75) is 19.3 Å². The van der Waals surface area contributed by atoms with Gasteiger partial charge in [-0.25, -0.2) is 0 Å². The van der Waals surface area contributed by atoms with Crippen LogP contribution in [0.3, 0.4) is 0 Å². The Kier molecular flexibility index (Phi) is 11.0. The molecule has 96 valence electrons. The number of aliphatic hydroxyl groups is 1. The van der Waals surface area contributed by atoms with Gasteiger partial charge in [0, 0.05) is 39.4 Å². The maximum atomic E-state index is 11.2. The van der Waals surface area contributed by atoms with Crippen LogP contribution >= 0.6 is 11.8 Å². The van der Waals surface area contributed by atoms with Crippen molar-refractivity contribution in [3.63, 3.8) is 0 Å². The van der Waals surface area contributed by atoms with Crippen molar-refractivity contribution < 1.29 is 9.90 Å². The van der Waals surface area contributed by atoms with Crippen molar-refractivity contribution in [2.24, 2.45) is 0 Å². The molecule has 0 aliphatic carbocycles. The molecule has 0 saturated heterocycles. The van der Waals surface area contributed by atoms with Crippen molar-refractivity contribution in [3.8, 4) is 0 Å². The van der Waals surface area contributed by atoms with E-state index in [1.54, 1.807) is 19.0 Å². The number of rotatable bonds is 10. The van der Waals surface area contributed by atoms with E-state index >= 15 is 0 Å². The van der Waals surface area contributed by atoms with Gasteiger partial charge in [0.15, 0.2) is 0 Å². The minimum Gasteiger partial charge on any atom is -0.396 e. The van der Waals surface area contributed by atoms with Gasteiger partial charge >= 0.3 is 0 Å². The van der Waals surface area contributed by atoms with Gasteiger partial charge in [0.25, 0.3) is 0 Å². The molecule has 0 spiro atoms. The van der Waals surface area contributed by atoms with E-state index in [0.717, 1.165) is 37.4 Å². The van der Waals surface area contributed by atoms with Crippen LogP contribution in [0.2, 0.25) is 0 Å². The quantitative estimate of drug-likeness (QED) is 0.555. The molecule has 1 amide bonds. The van der Waals surface area contributed by atoms with Crippen molar-refractivity contribution in [3.05, 3.63) is 0 Å². The summed E-state index contributed by atoms with van der Waals surface area (Å²) in [6, 6.07) is 0. The number of nitrogens with zero attached hydrogens (tertiary/aromatic N) is 1. The second kappa shape index (κ2) is 11.2. The van der Waals surface area contributed by atoms with E-state index in [1.807, 2.05) is 11.8 Å². The summed E-state index contributed by atoms with van der Waals surface area (Å²) >= 11 is 1.85. The van der Waals surface area contributed by atoms with Gasteiger partial charge < -0.3 is 15.3 Å². The summed E-state index contributed by atoms with van der Waals surface area (Å²) in [5.74, 6) is 2.29. The first-order chi connectivity index (χ1) is 7.68. The molecule has 16 heavy (non-hydrogen) atoms. The Morgan fingerprint density at radius 3 is 2.62 bits per heavy atom.